The molecule has 0 radical (unpaired) electrons. The van der Waals surface area contributed by atoms with Gasteiger partial charge in [0.2, 0.25) is 0 Å². The highest BCUT2D eigenvalue weighted by molar-refractivity contribution is 6.12. The average Bonchev–Trinajstić information content (AvgIpc) is 2.82. The summed E-state index contributed by atoms with van der Waals surface area (Å²) in [5, 5.41) is 32.4. The number of rotatable bonds is 8. The zero-order chi connectivity index (χ0) is 26.5. The van der Waals surface area contributed by atoms with Gasteiger partial charge in [-0.2, -0.15) is 13.2 Å². The predicted molar refractivity (Wildman–Crippen MR) is 137 cm³/mol. The van der Waals surface area contributed by atoms with Crippen molar-refractivity contribution in [2.24, 2.45) is 5.92 Å². The van der Waals surface area contributed by atoms with Gasteiger partial charge in [-0.05, 0) is 94.7 Å². The standard InChI is InChI=1S/C28H40F3N3O2/c1-4-18(2)25(13-19(3)27(32)24-11-10-21(15-26(24)36)28(29,30)31)33-22-8-6-12-34(17-22)16-20-7-5-9-23(35)14-20/h10-11,13,15,20,22-23,32-33,35-36H,4-9,12,14,16-17H2,1-3H3/b19-13-,25-18-,32-27?. The number of phenolic OH excluding ortho intramolecular Hbond substituents is 1. The van der Waals surface area contributed by atoms with Crippen molar-refractivity contribution in [3.63, 3.8) is 0 Å². The van der Waals surface area contributed by atoms with Gasteiger partial charge in [-0.15, -0.1) is 0 Å². The van der Waals surface area contributed by atoms with Gasteiger partial charge in [-0.1, -0.05) is 18.9 Å². The van der Waals surface area contributed by atoms with Crippen molar-refractivity contribution in [2.75, 3.05) is 19.6 Å². The molecule has 1 aliphatic carbocycles. The third kappa shape index (κ3) is 7.59. The quantitative estimate of drug-likeness (QED) is 0.257. The summed E-state index contributed by atoms with van der Waals surface area (Å²) in [6.45, 7) is 8.82. The molecule has 1 aliphatic heterocycles. The molecule has 1 aromatic carbocycles. The van der Waals surface area contributed by atoms with Gasteiger partial charge >= 0.3 is 6.18 Å². The van der Waals surface area contributed by atoms with Gasteiger partial charge in [0, 0.05) is 30.4 Å². The third-order valence-electron chi connectivity index (χ3n) is 7.48. The summed E-state index contributed by atoms with van der Waals surface area (Å²) in [7, 11) is 0. The fourth-order valence-corrected chi connectivity index (χ4v) is 5.25. The second-order valence-electron chi connectivity index (χ2n) is 10.4. The maximum absolute atomic E-state index is 13.0. The molecular weight excluding hydrogens is 467 g/mol. The van der Waals surface area contributed by atoms with Crippen molar-refractivity contribution in [3.05, 3.63) is 52.2 Å². The lowest BCUT2D eigenvalue weighted by atomic mass is 9.86. The largest absolute Gasteiger partial charge is 0.507 e. The van der Waals surface area contributed by atoms with Crippen molar-refractivity contribution in [3.8, 4) is 5.75 Å². The average molecular weight is 508 g/mol. The van der Waals surface area contributed by atoms with Gasteiger partial charge in [0.15, 0.2) is 0 Å². The van der Waals surface area contributed by atoms with Crippen LogP contribution in [0.25, 0.3) is 0 Å². The molecule has 3 unspecified atom stereocenters. The first-order chi connectivity index (χ1) is 17.0. The van der Waals surface area contributed by atoms with Crippen LogP contribution in [0.4, 0.5) is 13.2 Å². The van der Waals surface area contributed by atoms with Crippen LogP contribution in [-0.4, -0.2) is 52.6 Å². The van der Waals surface area contributed by atoms with Crippen LogP contribution in [0, 0.1) is 11.3 Å². The second-order valence-corrected chi connectivity index (χ2v) is 10.4. The normalized spacial score (nSPS) is 24.9. The number of alkyl halides is 3. The Bertz CT molecular complexity index is 987. The van der Waals surface area contributed by atoms with Crippen molar-refractivity contribution in [2.45, 2.75) is 84.0 Å². The molecule has 0 aromatic heterocycles. The van der Waals surface area contributed by atoms with Crippen molar-refractivity contribution in [1.29, 1.82) is 5.41 Å². The van der Waals surface area contributed by atoms with Crippen molar-refractivity contribution < 1.29 is 23.4 Å². The molecule has 1 aromatic rings. The van der Waals surface area contributed by atoms with E-state index in [9.17, 15) is 23.4 Å². The van der Waals surface area contributed by atoms with Gasteiger partial charge in [-0.3, -0.25) is 5.41 Å². The Morgan fingerprint density at radius 2 is 1.94 bits per heavy atom. The number of aliphatic hydroxyl groups is 1. The molecule has 5 nitrogen and oxygen atoms in total. The molecule has 1 saturated carbocycles. The van der Waals surface area contributed by atoms with E-state index in [0.717, 1.165) is 81.6 Å². The molecule has 1 saturated heterocycles. The van der Waals surface area contributed by atoms with Crippen LogP contribution in [0.2, 0.25) is 0 Å². The maximum Gasteiger partial charge on any atom is 0.416 e. The van der Waals surface area contributed by atoms with E-state index in [0.29, 0.717) is 17.6 Å². The Labute approximate surface area is 212 Å². The maximum atomic E-state index is 13.0. The van der Waals surface area contributed by atoms with Crippen LogP contribution in [-0.2, 0) is 6.18 Å². The van der Waals surface area contributed by atoms with E-state index < -0.39 is 17.5 Å². The summed E-state index contributed by atoms with van der Waals surface area (Å²) >= 11 is 0. The van der Waals surface area contributed by atoms with E-state index in [4.69, 9.17) is 5.41 Å². The van der Waals surface area contributed by atoms with Crippen molar-refractivity contribution >= 4 is 5.71 Å². The summed E-state index contributed by atoms with van der Waals surface area (Å²) in [5.41, 5.74) is 1.74. The molecule has 4 N–H and O–H groups in total. The highest BCUT2D eigenvalue weighted by atomic mass is 19.4. The molecule has 3 rings (SSSR count). The lowest BCUT2D eigenvalue weighted by molar-refractivity contribution is -0.137. The first-order valence-corrected chi connectivity index (χ1v) is 13.0. The van der Waals surface area contributed by atoms with Crippen LogP contribution >= 0.6 is 0 Å². The number of benzene rings is 1. The first-order valence-electron chi connectivity index (χ1n) is 13.0. The van der Waals surface area contributed by atoms with Gasteiger partial charge in [0.25, 0.3) is 0 Å². The summed E-state index contributed by atoms with van der Waals surface area (Å²) in [4.78, 5) is 2.49. The number of halogens is 3. The third-order valence-corrected chi connectivity index (χ3v) is 7.48. The minimum Gasteiger partial charge on any atom is -0.507 e. The van der Waals surface area contributed by atoms with Gasteiger partial charge < -0.3 is 20.4 Å². The Kier molecular flexibility index (Phi) is 9.64. The van der Waals surface area contributed by atoms with E-state index >= 15 is 0 Å². The molecular formula is C28H40F3N3O2. The smallest absolute Gasteiger partial charge is 0.416 e. The predicted octanol–water partition coefficient (Wildman–Crippen LogP) is 6.01. The zero-order valence-corrected chi connectivity index (χ0v) is 21.6. The molecule has 3 atom stereocenters. The summed E-state index contributed by atoms with van der Waals surface area (Å²) in [6, 6.07) is 2.97. The molecule has 1 heterocycles. The molecule has 0 spiro atoms. The van der Waals surface area contributed by atoms with Crippen LogP contribution in [0.15, 0.2) is 41.1 Å². The Hall–Kier alpha value is -2.32. The van der Waals surface area contributed by atoms with Gasteiger partial charge in [0.1, 0.15) is 5.75 Å². The number of aromatic hydroxyl groups is 1. The van der Waals surface area contributed by atoms with E-state index in [1.54, 1.807) is 6.92 Å². The number of piperidine rings is 1. The highest BCUT2D eigenvalue weighted by Gasteiger charge is 2.31. The minimum absolute atomic E-state index is 0.00875. The fraction of sp³-hybridized carbons (Fsp3) is 0.607. The van der Waals surface area contributed by atoms with E-state index in [2.05, 4.69) is 17.1 Å². The number of likely N-dealkylation sites (tertiary alicyclic amines) is 1. The molecule has 36 heavy (non-hydrogen) atoms. The summed E-state index contributed by atoms with van der Waals surface area (Å²) < 4.78 is 38.9. The van der Waals surface area contributed by atoms with Gasteiger partial charge in [-0.25, -0.2) is 0 Å². The number of hydrogen-bond acceptors (Lipinski definition) is 5. The molecule has 2 aliphatic rings. The van der Waals surface area contributed by atoms with Gasteiger partial charge in [0.05, 0.1) is 17.4 Å². The van der Waals surface area contributed by atoms with Crippen LogP contribution in [0.3, 0.4) is 0 Å². The lowest BCUT2D eigenvalue weighted by Gasteiger charge is -2.37. The van der Waals surface area contributed by atoms with E-state index in [1.165, 1.54) is 6.42 Å². The number of phenols is 1. The first kappa shape index (κ1) is 28.3. The molecule has 0 bridgehead atoms. The Balaban J connectivity index is 1.70. The highest BCUT2D eigenvalue weighted by Crippen LogP contribution is 2.33. The Morgan fingerprint density at radius 1 is 1.19 bits per heavy atom. The summed E-state index contributed by atoms with van der Waals surface area (Å²) in [5.74, 6) is -0.0112. The topological polar surface area (TPSA) is 79.6 Å². The lowest BCUT2D eigenvalue weighted by Crippen LogP contribution is -2.47. The van der Waals surface area contributed by atoms with E-state index in [-0.39, 0.29) is 23.4 Å². The number of nitrogens with zero attached hydrogens (tertiary/aromatic N) is 1. The monoisotopic (exact) mass is 507 g/mol. The second kappa shape index (κ2) is 12.3. The zero-order valence-electron chi connectivity index (χ0n) is 21.6. The summed E-state index contributed by atoms with van der Waals surface area (Å²) in [6.07, 6.45) is 4.16. The molecule has 8 heteroatoms. The van der Waals surface area contributed by atoms with Crippen LogP contribution in [0.1, 0.15) is 76.8 Å². The number of allylic oxidation sites excluding steroid dienone is 3. The van der Waals surface area contributed by atoms with Crippen molar-refractivity contribution in [1.82, 2.24) is 10.2 Å². The number of hydrogen-bond donors (Lipinski definition) is 4. The SMILES string of the molecule is CC/C(C)=C(/C=C(/C)C(=N)c1ccc(C(F)(F)F)cc1O)NC1CCCN(CC2CCCC(O)C2)C1. The van der Waals surface area contributed by atoms with Crippen LogP contribution in [0.5, 0.6) is 5.75 Å². The molecule has 0 amide bonds. The molecule has 200 valence electrons. The van der Waals surface area contributed by atoms with Crippen LogP contribution < -0.4 is 5.32 Å². The number of aliphatic hydroxyl groups excluding tert-OH is 1. The fourth-order valence-electron chi connectivity index (χ4n) is 5.25. The molecule has 2 fully saturated rings. The number of nitrogens with one attached hydrogen (secondary N) is 2. The van der Waals surface area contributed by atoms with E-state index in [1.807, 2.05) is 13.0 Å². The minimum atomic E-state index is -4.55. The Morgan fingerprint density at radius 3 is 2.58 bits per heavy atom.